The molecule has 1 atom stereocenters. The maximum Gasteiger partial charge on any atom is 0.346 e. The van der Waals surface area contributed by atoms with E-state index in [1.165, 1.54) is 21.1 Å². The summed E-state index contributed by atoms with van der Waals surface area (Å²) in [7, 11) is 2.91. The van der Waals surface area contributed by atoms with Gasteiger partial charge in [0.2, 0.25) is 0 Å². The zero-order chi connectivity index (χ0) is 20.7. The Kier molecular flexibility index (Phi) is 7.44. The number of carbonyl (C=O) groups excluding carboxylic acids is 2. The van der Waals surface area contributed by atoms with Gasteiger partial charge in [0.15, 0.2) is 6.10 Å². The molecular weight excluding hydrogens is 358 g/mol. The van der Waals surface area contributed by atoms with Gasteiger partial charge in [-0.15, -0.1) is 0 Å². The van der Waals surface area contributed by atoms with Crippen molar-refractivity contribution in [2.24, 2.45) is 0 Å². The fourth-order valence-corrected chi connectivity index (χ4v) is 2.95. The van der Waals surface area contributed by atoms with E-state index in [1.807, 2.05) is 32.0 Å². The molecule has 1 N–H and O–H groups in total. The number of hydrogen-bond acceptors (Lipinski definition) is 5. The molecule has 2 rings (SSSR count). The molecule has 0 saturated carbocycles. The molecule has 0 fully saturated rings. The Labute approximate surface area is 165 Å². The van der Waals surface area contributed by atoms with Crippen molar-refractivity contribution in [2.75, 3.05) is 19.5 Å². The van der Waals surface area contributed by atoms with Crippen LogP contribution in [0.4, 0.5) is 5.69 Å². The summed E-state index contributed by atoms with van der Waals surface area (Å²) in [6.45, 7) is 5.60. The van der Waals surface area contributed by atoms with Crippen molar-refractivity contribution in [3.8, 4) is 11.5 Å². The summed E-state index contributed by atoms with van der Waals surface area (Å²) in [5, 5.41) is 2.92. The lowest BCUT2D eigenvalue weighted by molar-refractivity contribution is -0.123. The molecule has 28 heavy (non-hydrogen) atoms. The number of anilines is 1. The van der Waals surface area contributed by atoms with Gasteiger partial charge in [0, 0.05) is 5.69 Å². The zero-order valence-corrected chi connectivity index (χ0v) is 17.0. The molecule has 0 radical (unpaired) electrons. The second-order valence-electron chi connectivity index (χ2n) is 6.23. The summed E-state index contributed by atoms with van der Waals surface area (Å²) >= 11 is 0. The van der Waals surface area contributed by atoms with Gasteiger partial charge in [-0.05, 0) is 43.0 Å². The number of aryl methyl sites for hydroxylation is 2. The number of hydrogen-bond donors (Lipinski definition) is 1. The molecule has 0 aromatic heterocycles. The van der Waals surface area contributed by atoms with Crippen LogP contribution in [0.25, 0.3) is 0 Å². The Morgan fingerprint density at radius 2 is 1.43 bits per heavy atom. The highest BCUT2D eigenvalue weighted by molar-refractivity contribution is 6.00. The predicted octanol–water partition coefficient (Wildman–Crippen LogP) is 4.01. The van der Waals surface area contributed by atoms with Gasteiger partial charge in [-0.3, -0.25) is 4.79 Å². The first-order valence-electron chi connectivity index (χ1n) is 9.30. The van der Waals surface area contributed by atoms with E-state index in [4.69, 9.17) is 14.2 Å². The topological polar surface area (TPSA) is 73.9 Å². The van der Waals surface area contributed by atoms with Crippen molar-refractivity contribution in [1.29, 1.82) is 0 Å². The minimum absolute atomic E-state index is 0.148. The van der Waals surface area contributed by atoms with Crippen molar-refractivity contribution < 1.29 is 23.8 Å². The number of ether oxygens (including phenoxy) is 3. The number of esters is 1. The van der Waals surface area contributed by atoms with Crippen LogP contribution in [0.5, 0.6) is 11.5 Å². The summed E-state index contributed by atoms with van der Waals surface area (Å²) in [4.78, 5) is 25.3. The molecule has 0 aliphatic heterocycles. The van der Waals surface area contributed by atoms with E-state index in [9.17, 15) is 9.59 Å². The van der Waals surface area contributed by atoms with Crippen LogP contribution >= 0.6 is 0 Å². The Balaban J connectivity index is 2.19. The summed E-state index contributed by atoms with van der Waals surface area (Å²) in [6, 6.07) is 10.9. The van der Waals surface area contributed by atoms with E-state index in [0.717, 1.165) is 29.7 Å². The monoisotopic (exact) mass is 385 g/mol. The van der Waals surface area contributed by atoms with Crippen LogP contribution in [0.3, 0.4) is 0 Å². The van der Waals surface area contributed by atoms with Crippen LogP contribution in [-0.4, -0.2) is 32.2 Å². The zero-order valence-electron chi connectivity index (χ0n) is 17.0. The highest BCUT2D eigenvalue weighted by Gasteiger charge is 2.25. The molecular formula is C22H27NO5. The van der Waals surface area contributed by atoms with E-state index in [2.05, 4.69) is 5.32 Å². The summed E-state index contributed by atoms with van der Waals surface area (Å²) < 4.78 is 15.8. The van der Waals surface area contributed by atoms with E-state index >= 15 is 0 Å². The molecule has 6 heteroatoms. The van der Waals surface area contributed by atoms with Gasteiger partial charge in [0.25, 0.3) is 5.91 Å². The number of amides is 1. The van der Waals surface area contributed by atoms with Crippen molar-refractivity contribution in [3.63, 3.8) is 0 Å². The van der Waals surface area contributed by atoms with Gasteiger partial charge in [-0.2, -0.15) is 0 Å². The molecule has 1 amide bonds. The smallest absolute Gasteiger partial charge is 0.346 e. The second kappa shape index (κ2) is 9.78. The highest BCUT2D eigenvalue weighted by atomic mass is 16.6. The van der Waals surface area contributed by atoms with E-state index in [0.29, 0.717) is 11.5 Å². The average Bonchev–Trinajstić information content (AvgIpc) is 2.72. The first kappa shape index (κ1) is 21.3. The van der Waals surface area contributed by atoms with Gasteiger partial charge < -0.3 is 19.5 Å². The Morgan fingerprint density at radius 1 is 0.929 bits per heavy atom. The third kappa shape index (κ3) is 4.63. The van der Waals surface area contributed by atoms with Gasteiger partial charge in [0.05, 0.1) is 14.2 Å². The normalized spacial score (nSPS) is 11.5. The van der Waals surface area contributed by atoms with Crippen LogP contribution in [0.1, 0.15) is 42.3 Å². The van der Waals surface area contributed by atoms with Crippen molar-refractivity contribution >= 4 is 17.6 Å². The Bertz CT molecular complexity index is 802. The van der Waals surface area contributed by atoms with Crippen LogP contribution in [0, 0.1) is 0 Å². The van der Waals surface area contributed by atoms with Gasteiger partial charge in [0.1, 0.15) is 17.1 Å². The second-order valence-corrected chi connectivity index (χ2v) is 6.23. The van der Waals surface area contributed by atoms with E-state index in [1.54, 1.807) is 18.2 Å². The fourth-order valence-electron chi connectivity index (χ4n) is 2.95. The number of benzene rings is 2. The van der Waals surface area contributed by atoms with Gasteiger partial charge >= 0.3 is 5.97 Å². The summed E-state index contributed by atoms with van der Waals surface area (Å²) in [5.41, 5.74) is 3.01. The predicted molar refractivity (Wildman–Crippen MR) is 108 cm³/mol. The molecule has 6 nitrogen and oxygen atoms in total. The largest absolute Gasteiger partial charge is 0.496 e. The molecule has 0 aliphatic carbocycles. The SMILES string of the molecule is CCc1cccc(CC)c1NC(=O)[C@H](C)OC(=O)c1c(OC)cccc1OC. The lowest BCUT2D eigenvalue weighted by atomic mass is 10.0. The number of nitrogens with one attached hydrogen (secondary N) is 1. The molecule has 0 unspecified atom stereocenters. The van der Waals surface area contributed by atoms with Crippen LogP contribution < -0.4 is 14.8 Å². The van der Waals surface area contributed by atoms with Gasteiger partial charge in [-0.1, -0.05) is 38.1 Å². The van der Waals surface area contributed by atoms with Crippen LogP contribution in [-0.2, 0) is 22.4 Å². The fraction of sp³-hybridized carbons (Fsp3) is 0.364. The molecule has 2 aromatic carbocycles. The minimum Gasteiger partial charge on any atom is -0.496 e. The third-order valence-corrected chi connectivity index (χ3v) is 4.53. The van der Waals surface area contributed by atoms with Crippen molar-refractivity contribution in [3.05, 3.63) is 53.1 Å². The van der Waals surface area contributed by atoms with E-state index in [-0.39, 0.29) is 5.56 Å². The average molecular weight is 385 g/mol. The lowest BCUT2D eigenvalue weighted by Gasteiger charge is -2.19. The number of para-hydroxylation sites is 1. The van der Waals surface area contributed by atoms with Crippen molar-refractivity contribution in [1.82, 2.24) is 0 Å². The summed E-state index contributed by atoms with van der Waals surface area (Å²) in [6.07, 6.45) is 0.586. The number of methoxy groups -OCH3 is 2. The molecule has 0 spiro atoms. The molecule has 2 aromatic rings. The number of carbonyl (C=O) groups is 2. The number of rotatable bonds is 8. The maximum absolute atomic E-state index is 12.7. The Morgan fingerprint density at radius 3 is 1.89 bits per heavy atom. The molecule has 0 heterocycles. The molecule has 0 saturated heterocycles. The maximum atomic E-state index is 12.7. The van der Waals surface area contributed by atoms with Crippen LogP contribution in [0.2, 0.25) is 0 Å². The molecule has 150 valence electrons. The Hall–Kier alpha value is -3.02. The van der Waals surface area contributed by atoms with E-state index < -0.39 is 18.0 Å². The first-order chi connectivity index (χ1) is 13.5. The lowest BCUT2D eigenvalue weighted by Crippen LogP contribution is -2.31. The minimum atomic E-state index is -0.989. The van der Waals surface area contributed by atoms with Gasteiger partial charge in [-0.25, -0.2) is 4.79 Å². The highest BCUT2D eigenvalue weighted by Crippen LogP contribution is 2.29. The third-order valence-electron chi connectivity index (χ3n) is 4.53. The summed E-state index contributed by atoms with van der Waals surface area (Å²) in [5.74, 6) is -0.433. The molecule has 0 bridgehead atoms. The first-order valence-corrected chi connectivity index (χ1v) is 9.30. The standard InChI is InChI=1S/C22H27NO5/c1-6-15-10-8-11-16(7-2)20(15)23-21(24)14(3)28-22(25)19-17(26-4)12-9-13-18(19)27-5/h8-14H,6-7H2,1-5H3,(H,23,24)/t14-/m0/s1. The quantitative estimate of drug-likeness (QED) is 0.695. The molecule has 0 aliphatic rings. The van der Waals surface area contributed by atoms with Crippen LogP contribution in [0.15, 0.2) is 36.4 Å². The van der Waals surface area contributed by atoms with Crippen molar-refractivity contribution in [2.45, 2.75) is 39.7 Å².